The molecule has 0 radical (unpaired) electrons. The average molecular weight is 316 g/mol. The second kappa shape index (κ2) is 5.75. The fraction of sp³-hybridized carbons (Fsp3) is 0.455. The molecule has 2 aromatic heterocycles. The highest BCUT2D eigenvalue weighted by atomic mass is 79.9. The van der Waals surface area contributed by atoms with Crippen LogP contribution in [-0.2, 0) is 6.42 Å². The van der Waals surface area contributed by atoms with E-state index in [9.17, 15) is 0 Å². The summed E-state index contributed by atoms with van der Waals surface area (Å²) >= 11 is 5.02. The molecule has 92 valence electrons. The first-order valence-electron chi connectivity index (χ1n) is 5.45. The maximum absolute atomic E-state index is 5.59. The Morgan fingerprint density at radius 2 is 2.29 bits per heavy atom. The van der Waals surface area contributed by atoms with Gasteiger partial charge in [-0.1, -0.05) is 13.8 Å². The van der Waals surface area contributed by atoms with Crippen LogP contribution in [0.5, 0.6) is 0 Å². The minimum Gasteiger partial charge on any atom is -0.421 e. The number of hydrogen-bond acceptors (Lipinski definition) is 5. The second-order valence-corrected chi connectivity index (χ2v) is 6.29. The van der Waals surface area contributed by atoms with Crippen molar-refractivity contribution in [3.05, 3.63) is 21.1 Å². The number of nitrogens with zero attached hydrogens (tertiary/aromatic N) is 2. The smallest absolute Gasteiger partial charge is 0.248 e. The topological polar surface area (TPSA) is 51.0 Å². The zero-order valence-corrected chi connectivity index (χ0v) is 12.1. The van der Waals surface area contributed by atoms with E-state index in [0.29, 0.717) is 17.8 Å². The van der Waals surface area contributed by atoms with Crippen molar-refractivity contribution < 1.29 is 4.42 Å². The van der Waals surface area contributed by atoms with Gasteiger partial charge >= 0.3 is 0 Å². The third kappa shape index (κ3) is 3.62. The summed E-state index contributed by atoms with van der Waals surface area (Å²) in [6.07, 6.45) is 0.760. The molecule has 0 aliphatic heterocycles. The zero-order chi connectivity index (χ0) is 12.3. The Labute approximate surface area is 113 Å². The molecule has 4 nitrogen and oxygen atoms in total. The van der Waals surface area contributed by atoms with Crippen LogP contribution in [0.25, 0.3) is 11.5 Å². The molecule has 0 fully saturated rings. The van der Waals surface area contributed by atoms with Gasteiger partial charge in [0.15, 0.2) is 0 Å². The molecule has 0 aliphatic rings. The minimum atomic E-state index is 0.477. The summed E-state index contributed by atoms with van der Waals surface area (Å²) in [5.74, 6) is 1.27. The van der Waals surface area contributed by atoms with E-state index in [1.54, 1.807) is 11.3 Å². The summed E-state index contributed by atoms with van der Waals surface area (Å²) in [4.78, 5) is 0. The quantitative estimate of drug-likeness (QED) is 0.921. The van der Waals surface area contributed by atoms with Gasteiger partial charge in [-0.3, -0.25) is 0 Å². The molecular weight excluding hydrogens is 302 g/mol. The van der Waals surface area contributed by atoms with E-state index in [1.165, 1.54) is 0 Å². The lowest BCUT2D eigenvalue weighted by Gasteiger charge is -2.04. The molecule has 1 N–H and O–H groups in total. The number of aromatic nitrogens is 2. The zero-order valence-electron chi connectivity index (χ0n) is 9.74. The van der Waals surface area contributed by atoms with Crippen LogP contribution >= 0.6 is 27.3 Å². The largest absolute Gasteiger partial charge is 0.421 e. The SMILES string of the molecule is CC(C)NCCc1nnc(-c2csc(Br)c2)o1. The highest BCUT2D eigenvalue weighted by Gasteiger charge is 2.09. The monoisotopic (exact) mass is 315 g/mol. The van der Waals surface area contributed by atoms with E-state index in [1.807, 2.05) is 11.4 Å². The van der Waals surface area contributed by atoms with E-state index in [4.69, 9.17) is 4.42 Å². The number of halogens is 1. The van der Waals surface area contributed by atoms with E-state index in [-0.39, 0.29) is 0 Å². The molecule has 0 saturated carbocycles. The molecule has 0 bridgehead atoms. The van der Waals surface area contributed by atoms with Gasteiger partial charge in [0.25, 0.3) is 0 Å². The lowest BCUT2D eigenvalue weighted by Crippen LogP contribution is -2.25. The summed E-state index contributed by atoms with van der Waals surface area (Å²) < 4.78 is 6.65. The van der Waals surface area contributed by atoms with Crippen LogP contribution < -0.4 is 5.32 Å². The molecule has 0 aromatic carbocycles. The molecular formula is C11H14BrN3OS. The molecule has 0 amide bonds. The van der Waals surface area contributed by atoms with Gasteiger partial charge in [-0.05, 0) is 22.0 Å². The maximum atomic E-state index is 5.59. The van der Waals surface area contributed by atoms with Gasteiger partial charge < -0.3 is 9.73 Å². The summed E-state index contributed by atoms with van der Waals surface area (Å²) in [6.45, 7) is 5.08. The van der Waals surface area contributed by atoms with E-state index < -0.39 is 0 Å². The molecule has 17 heavy (non-hydrogen) atoms. The van der Waals surface area contributed by atoms with Crippen LogP contribution in [0.15, 0.2) is 19.6 Å². The predicted octanol–water partition coefficient (Wildman–Crippen LogP) is 3.10. The van der Waals surface area contributed by atoms with Crippen molar-refractivity contribution >= 4 is 27.3 Å². The fourth-order valence-corrected chi connectivity index (χ4v) is 2.49. The van der Waals surface area contributed by atoms with Gasteiger partial charge in [0.1, 0.15) is 0 Å². The number of nitrogens with one attached hydrogen (secondary N) is 1. The molecule has 0 spiro atoms. The van der Waals surface area contributed by atoms with Crippen LogP contribution in [0, 0.1) is 0 Å². The van der Waals surface area contributed by atoms with Gasteiger partial charge in [0.05, 0.1) is 9.35 Å². The normalized spacial score (nSPS) is 11.3. The van der Waals surface area contributed by atoms with E-state index >= 15 is 0 Å². The molecule has 2 aromatic rings. The molecule has 6 heteroatoms. The molecule has 2 rings (SSSR count). The van der Waals surface area contributed by atoms with E-state index in [2.05, 4.69) is 45.3 Å². The first-order valence-corrected chi connectivity index (χ1v) is 7.12. The third-order valence-electron chi connectivity index (χ3n) is 2.17. The molecule has 0 aliphatic carbocycles. The summed E-state index contributed by atoms with van der Waals surface area (Å²) in [5, 5.41) is 13.4. The van der Waals surface area contributed by atoms with Crippen LogP contribution in [0.4, 0.5) is 0 Å². The third-order valence-corrected chi connectivity index (χ3v) is 3.68. The van der Waals surface area contributed by atoms with Crippen molar-refractivity contribution in [2.75, 3.05) is 6.54 Å². The van der Waals surface area contributed by atoms with Crippen LogP contribution in [0.1, 0.15) is 19.7 Å². The first kappa shape index (κ1) is 12.7. The highest BCUT2D eigenvalue weighted by molar-refractivity contribution is 9.11. The Hall–Kier alpha value is -0.720. The van der Waals surface area contributed by atoms with Gasteiger partial charge in [0.2, 0.25) is 11.8 Å². The van der Waals surface area contributed by atoms with Gasteiger partial charge in [-0.25, -0.2) is 0 Å². The van der Waals surface area contributed by atoms with Crippen molar-refractivity contribution in [2.24, 2.45) is 0 Å². The summed E-state index contributed by atoms with van der Waals surface area (Å²) in [6, 6.07) is 2.46. The minimum absolute atomic E-state index is 0.477. The van der Waals surface area contributed by atoms with Crippen LogP contribution in [0.3, 0.4) is 0 Å². The van der Waals surface area contributed by atoms with Crippen molar-refractivity contribution in [2.45, 2.75) is 26.3 Å². The van der Waals surface area contributed by atoms with Gasteiger partial charge in [-0.15, -0.1) is 21.5 Å². The Balaban J connectivity index is 1.96. The van der Waals surface area contributed by atoms with Crippen molar-refractivity contribution in [1.82, 2.24) is 15.5 Å². The number of thiophene rings is 1. The Bertz CT molecular complexity index is 481. The maximum Gasteiger partial charge on any atom is 0.248 e. The number of hydrogen-bond donors (Lipinski definition) is 1. The Kier molecular flexibility index (Phi) is 4.31. The van der Waals surface area contributed by atoms with Crippen molar-refractivity contribution in [3.8, 4) is 11.5 Å². The highest BCUT2D eigenvalue weighted by Crippen LogP contribution is 2.27. The molecule has 0 saturated heterocycles. The van der Waals surface area contributed by atoms with E-state index in [0.717, 1.165) is 22.3 Å². The Morgan fingerprint density at radius 3 is 2.94 bits per heavy atom. The molecule has 2 heterocycles. The van der Waals surface area contributed by atoms with Crippen LogP contribution in [0.2, 0.25) is 0 Å². The molecule has 0 atom stereocenters. The summed E-state index contributed by atoms with van der Waals surface area (Å²) in [5.41, 5.74) is 0.970. The standard InChI is InChI=1S/C11H14BrN3OS/c1-7(2)13-4-3-10-14-15-11(16-10)8-5-9(12)17-6-8/h5-7,13H,3-4H2,1-2H3. The fourth-order valence-electron chi connectivity index (χ4n) is 1.36. The van der Waals surface area contributed by atoms with Crippen molar-refractivity contribution in [3.63, 3.8) is 0 Å². The predicted molar refractivity (Wildman–Crippen MR) is 72.2 cm³/mol. The Morgan fingerprint density at radius 1 is 1.47 bits per heavy atom. The number of rotatable bonds is 5. The first-order chi connectivity index (χ1) is 8.15. The van der Waals surface area contributed by atoms with Crippen LogP contribution in [-0.4, -0.2) is 22.8 Å². The average Bonchev–Trinajstić information content (AvgIpc) is 2.86. The van der Waals surface area contributed by atoms with Crippen molar-refractivity contribution in [1.29, 1.82) is 0 Å². The van der Waals surface area contributed by atoms with Gasteiger partial charge in [0, 0.05) is 24.4 Å². The lowest BCUT2D eigenvalue weighted by atomic mass is 10.3. The summed E-state index contributed by atoms with van der Waals surface area (Å²) in [7, 11) is 0. The lowest BCUT2D eigenvalue weighted by molar-refractivity contribution is 0.484. The molecule has 0 unspecified atom stereocenters. The van der Waals surface area contributed by atoms with Gasteiger partial charge in [-0.2, -0.15) is 0 Å². The second-order valence-electron chi connectivity index (χ2n) is 4.00.